The SMILES string of the molecule is CNCCNCCS(=O)(=O)N1[C@@H]2CC[C@H]1CC(NC(=O)c1cc(C3CC3)on1)C2. The number of amides is 1. The van der Waals surface area contributed by atoms with E-state index in [4.69, 9.17) is 4.52 Å². The van der Waals surface area contributed by atoms with E-state index in [2.05, 4.69) is 21.1 Å². The van der Waals surface area contributed by atoms with E-state index in [0.717, 1.165) is 44.5 Å². The van der Waals surface area contributed by atoms with E-state index in [9.17, 15) is 13.2 Å². The van der Waals surface area contributed by atoms with Gasteiger partial charge in [0, 0.05) is 49.7 Å². The summed E-state index contributed by atoms with van der Waals surface area (Å²) in [5.74, 6) is 1.10. The van der Waals surface area contributed by atoms with Gasteiger partial charge in [0.05, 0.1) is 5.75 Å². The van der Waals surface area contributed by atoms with Crippen LogP contribution in [0.4, 0.5) is 0 Å². The van der Waals surface area contributed by atoms with Gasteiger partial charge in [0.2, 0.25) is 10.0 Å². The molecule has 2 bridgehead atoms. The molecule has 0 spiro atoms. The van der Waals surface area contributed by atoms with Gasteiger partial charge in [-0.25, -0.2) is 8.42 Å². The van der Waals surface area contributed by atoms with E-state index in [0.29, 0.717) is 31.0 Å². The van der Waals surface area contributed by atoms with E-state index < -0.39 is 10.0 Å². The molecule has 162 valence electrons. The first kappa shape index (κ1) is 20.8. The second kappa shape index (κ2) is 8.71. The van der Waals surface area contributed by atoms with Crippen LogP contribution in [-0.4, -0.2) is 74.3 Å². The first-order valence-corrected chi connectivity index (χ1v) is 12.2. The number of rotatable bonds is 10. The number of carbonyl (C=O) groups is 1. The van der Waals surface area contributed by atoms with Crippen molar-refractivity contribution in [1.29, 1.82) is 0 Å². The Hall–Kier alpha value is -1.49. The van der Waals surface area contributed by atoms with Gasteiger partial charge < -0.3 is 20.5 Å². The molecule has 1 aromatic heterocycles. The van der Waals surface area contributed by atoms with E-state index in [1.54, 1.807) is 10.4 Å². The predicted octanol–water partition coefficient (Wildman–Crippen LogP) is 0.416. The molecule has 0 radical (unpaired) electrons. The molecular formula is C19H31N5O4S. The molecule has 1 aliphatic carbocycles. The highest BCUT2D eigenvalue weighted by Gasteiger charge is 2.46. The van der Waals surface area contributed by atoms with Gasteiger partial charge in [0.25, 0.3) is 5.91 Å². The van der Waals surface area contributed by atoms with Crippen LogP contribution in [0.15, 0.2) is 10.6 Å². The Morgan fingerprint density at radius 2 is 1.90 bits per heavy atom. The molecule has 0 aromatic carbocycles. The Morgan fingerprint density at radius 1 is 1.17 bits per heavy atom. The van der Waals surface area contributed by atoms with Gasteiger partial charge in [-0.15, -0.1) is 0 Å². The Bertz CT molecular complexity index is 808. The van der Waals surface area contributed by atoms with Gasteiger partial charge in [-0.3, -0.25) is 4.79 Å². The molecule has 3 fully saturated rings. The van der Waals surface area contributed by atoms with Crippen LogP contribution in [0.1, 0.15) is 60.7 Å². The van der Waals surface area contributed by atoms with Crippen LogP contribution in [-0.2, 0) is 10.0 Å². The number of aromatic nitrogens is 1. The van der Waals surface area contributed by atoms with Gasteiger partial charge in [-0.05, 0) is 45.6 Å². The maximum atomic E-state index is 12.9. The van der Waals surface area contributed by atoms with Crippen molar-refractivity contribution >= 4 is 15.9 Å². The lowest BCUT2D eigenvalue weighted by molar-refractivity contribution is 0.0900. The highest BCUT2D eigenvalue weighted by molar-refractivity contribution is 7.89. The number of hydrogen-bond acceptors (Lipinski definition) is 7. The number of sulfonamides is 1. The molecule has 1 amide bonds. The number of nitrogens with zero attached hydrogens (tertiary/aromatic N) is 2. The first-order valence-electron chi connectivity index (χ1n) is 10.6. The monoisotopic (exact) mass is 425 g/mol. The number of carbonyl (C=O) groups excluding carboxylic acids is 1. The lowest BCUT2D eigenvalue weighted by atomic mass is 9.99. The molecule has 3 atom stereocenters. The van der Waals surface area contributed by atoms with Gasteiger partial charge in [-0.1, -0.05) is 5.16 Å². The molecule has 1 aromatic rings. The summed E-state index contributed by atoms with van der Waals surface area (Å²) >= 11 is 0. The number of nitrogens with one attached hydrogen (secondary N) is 3. The van der Waals surface area contributed by atoms with Gasteiger partial charge in [0.1, 0.15) is 5.76 Å². The summed E-state index contributed by atoms with van der Waals surface area (Å²) < 4.78 is 32.7. The summed E-state index contributed by atoms with van der Waals surface area (Å²) in [7, 11) is -1.43. The van der Waals surface area contributed by atoms with Crippen LogP contribution >= 0.6 is 0 Å². The molecular weight excluding hydrogens is 394 g/mol. The Kier molecular flexibility index (Phi) is 6.24. The van der Waals surface area contributed by atoms with Crippen molar-refractivity contribution in [2.24, 2.45) is 0 Å². The molecule has 2 aliphatic heterocycles. The van der Waals surface area contributed by atoms with Gasteiger partial charge in [0.15, 0.2) is 5.69 Å². The van der Waals surface area contributed by atoms with Crippen molar-refractivity contribution in [1.82, 2.24) is 25.4 Å². The Morgan fingerprint density at radius 3 is 2.55 bits per heavy atom. The van der Waals surface area contributed by atoms with Crippen LogP contribution in [0.2, 0.25) is 0 Å². The van der Waals surface area contributed by atoms with Crippen molar-refractivity contribution in [3.63, 3.8) is 0 Å². The maximum absolute atomic E-state index is 12.9. The topological polar surface area (TPSA) is 117 Å². The molecule has 2 saturated heterocycles. The summed E-state index contributed by atoms with van der Waals surface area (Å²) in [6.45, 7) is 2.01. The lowest BCUT2D eigenvalue weighted by Gasteiger charge is -2.38. The largest absolute Gasteiger partial charge is 0.360 e. The van der Waals surface area contributed by atoms with Crippen LogP contribution in [0.25, 0.3) is 0 Å². The van der Waals surface area contributed by atoms with E-state index in [1.165, 1.54) is 0 Å². The molecule has 3 aliphatic rings. The van der Waals surface area contributed by atoms with Crippen LogP contribution in [0.3, 0.4) is 0 Å². The Balaban J connectivity index is 1.30. The lowest BCUT2D eigenvalue weighted by Crippen LogP contribution is -2.53. The van der Waals surface area contributed by atoms with Crippen molar-refractivity contribution in [2.45, 2.75) is 62.6 Å². The molecule has 1 saturated carbocycles. The average molecular weight is 426 g/mol. The highest BCUT2D eigenvalue weighted by Crippen LogP contribution is 2.40. The van der Waals surface area contributed by atoms with Crippen LogP contribution in [0.5, 0.6) is 0 Å². The van der Waals surface area contributed by atoms with Crippen molar-refractivity contribution in [3.05, 3.63) is 17.5 Å². The molecule has 3 N–H and O–H groups in total. The summed E-state index contributed by atoms with van der Waals surface area (Å²) in [4.78, 5) is 12.5. The standard InChI is InChI=1S/C19H31N5O4S/c1-20-6-7-21-8-9-29(26,27)24-15-4-5-16(24)11-14(10-15)22-19(25)17-12-18(28-23-17)13-2-3-13/h12-16,20-21H,2-11H2,1H3,(H,22,25)/t14?,15-,16+. The summed E-state index contributed by atoms with van der Waals surface area (Å²) in [5.41, 5.74) is 0.321. The third-order valence-electron chi connectivity index (χ3n) is 6.15. The zero-order valence-corrected chi connectivity index (χ0v) is 17.7. The van der Waals surface area contributed by atoms with Crippen molar-refractivity contribution < 1.29 is 17.7 Å². The fourth-order valence-corrected chi connectivity index (χ4v) is 6.47. The fraction of sp³-hybridized carbons (Fsp3) is 0.789. The number of likely N-dealkylation sites (N-methyl/N-ethyl adjacent to an activating group) is 1. The first-order chi connectivity index (χ1) is 14.0. The molecule has 1 unspecified atom stereocenters. The maximum Gasteiger partial charge on any atom is 0.273 e. The molecule has 9 nitrogen and oxygen atoms in total. The fourth-order valence-electron chi connectivity index (χ4n) is 4.57. The number of piperidine rings is 1. The second-order valence-corrected chi connectivity index (χ2v) is 10.4. The van der Waals surface area contributed by atoms with Gasteiger partial charge >= 0.3 is 0 Å². The van der Waals surface area contributed by atoms with Crippen LogP contribution in [0, 0.1) is 0 Å². The van der Waals surface area contributed by atoms with Crippen molar-refractivity contribution in [3.8, 4) is 0 Å². The minimum Gasteiger partial charge on any atom is -0.360 e. The number of fused-ring (bicyclic) bond motifs is 2. The van der Waals surface area contributed by atoms with Gasteiger partial charge in [-0.2, -0.15) is 4.31 Å². The van der Waals surface area contributed by atoms with E-state index >= 15 is 0 Å². The van der Waals surface area contributed by atoms with E-state index in [1.807, 2.05) is 7.05 Å². The smallest absolute Gasteiger partial charge is 0.273 e. The zero-order valence-electron chi connectivity index (χ0n) is 16.9. The quantitative estimate of drug-likeness (QED) is 0.465. The molecule has 4 rings (SSSR count). The molecule has 29 heavy (non-hydrogen) atoms. The molecule has 3 heterocycles. The Labute approximate surface area is 172 Å². The predicted molar refractivity (Wildman–Crippen MR) is 108 cm³/mol. The van der Waals surface area contributed by atoms with Crippen LogP contribution < -0.4 is 16.0 Å². The minimum atomic E-state index is -3.30. The normalized spacial score (nSPS) is 27.3. The zero-order chi connectivity index (χ0) is 20.4. The third-order valence-corrected chi connectivity index (χ3v) is 8.11. The minimum absolute atomic E-state index is 0.0266. The summed E-state index contributed by atoms with van der Waals surface area (Å²) in [5, 5.41) is 13.1. The average Bonchev–Trinajstić information content (AvgIpc) is 3.34. The summed E-state index contributed by atoms with van der Waals surface area (Å²) in [6.07, 6.45) is 5.22. The highest BCUT2D eigenvalue weighted by atomic mass is 32.2. The second-order valence-electron chi connectivity index (χ2n) is 8.42. The van der Waals surface area contributed by atoms with E-state index in [-0.39, 0.29) is 29.8 Å². The number of hydrogen-bond donors (Lipinski definition) is 3. The molecule has 10 heteroatoms. The summed E-state index contributed by atoms with van der Waals surface area (Å²) in [6, 6.07) is 1.66. The third kappa shape index (κ3) is 4.82. The van der Waals surface area contributed by atoms with Crippen molar-refractivity contribution in [2.75, 3.05) is 32.4 Å².